The molecule has 0 bridgehead atoms. The van der Waals surface area contributed by atoms with Gasteiger partial charge in [-0.15, -0.1) is 0 Å². The van der Waals surface area contributed by atoms with E-state index in [1.54, 1.807) is 7.11 Å². The van der Waals surface area contributed by atoms with Crippen molar-refractivity contribution in [2.45, 2.75) is 44.9 Å². The van der Waals surface area contributed by atoms with Crippen LogP contribution in [-0.2, 0) is 4.74 Å². The maximum absolute atomic E-state index is 12.9. The van der Waals surface area contributed by atoms with Crippen molar-refractivity contribution in [3.05, 3.63) is 29.8 Å². The molecule has 24 heavy (non-hydrogen) atoms. The van der Waals surface area contributed by atoms with E-state index in [9.17, 15) is 4.79 Å². The monoisotopic (exact) mass is 332 g/mol. The van der Waals surface area contributed by atoms with Gasteiger partial charge < -0.3 is 14.4 Å². The number of carbonyl (C=O) groups excluding carboxylic acids is 1. The fourth-order valence-electron chi connectivity index (χ4n) is 3.95. The Bertz CT molecular complexity index is 567. The molecule has 2 aliphatic heterocycles. The second kappa shape index (κ2) is 7.53. The minimum atomic E-state index is 0.116. The summed E-state index contributed by atoms with van der Waals surface area (Å²) in [5.74, 6) is 0.846. The van der Waals surface area contributed by atoms with Crippen molar-refractivity contribution in [2.75, 3.05) is 33.3 Å². The Balaban J connectivity index is 1.67. The first-order valence-electron chi connectivity index (χ1n) is 8.89. The number of hydrogen-bond acceptors (Lipinski definition) is 4. The number of hydrogen-bond donors (Lipinski definition) is 0. The predicted molar refractivity (Wildman–Crippen MR) is 93.5 cm³/mol. The molecule has 1 aromatic carbocycles. The van der Waals surface area contributed by atoms with Gasteiger partial charge in [0.1, 0.15) is 5.75 Å². The fraction of sp³-hybridized carbons (Fsp3) is 0.632. The van der Waals surface area contributed by atoms with Crippen molar-refractivity contribution >= 4 is 5.91 Å². The molecule has 0 saturated carbocycles. The molecule has 0 radical (unpaired) electrons. The lowest BCUT2D eigenvalue weighted by molar-refractivity contribution is -0.0715. The average molecular weight is 332 g/mol. The Labute approximate surface area is 144 Å². The van der Waals surface area contributed by atoms with Crippen molar-refractivity contribution < 1.29 is 14.3 Å². The van der Waals surface area contributed by atoms with E-state index in [1.807, 2.05) is 29.2 Å². The SMILES string of the molecule is COc1cccc(C(=O)N2CCC[C@@H]2CN2C[C@@H](C)O[C@@H](C)C2)c1. The summed E-state index contributed by atoms with van der Waals surface area (Å²) in [7, 11) is 1.63. The molecule has 1 amide bonds. The number of nitrogens with zero attached hydrogens (tertiary/aromatic N) is 2. The smallest absolute Gasteiger partial charge is 0.254 e. The van der Waals surface area contributed by atoms with Crippen molar-refractivity contribution in [2.24, 2.45) is 0 Å². The highest BCUT2D eigenvalue weighted by molar-refractivity contribution is 5.95. The van der Waals surface area contributed by atoms with Crippen molar-refractivity contribution in [3.63, 3.8) is 0 Å². The van der Waals surface area contributed by atoms with Crippen molar-refractivity contribution in [1.82, 2.24) is 9.80 Å². The van der Waals surface area contributed by atoms with Gasteiger partial charge in [0.15, 0.2) is 0 Å². The van der Waals surface area contributed by atoms with E-state index in [4.69, 9.17) is 9.47 Å². The summed E-state index contributed by atoms with van der Waals surface area (Å²) in [5.41, 5.74) is 0.713. The van der Waals surface area contributed by atoms with E-state index in [0.29, 0.717) is 11.6 Å². The summed E-state index contributed by atoms with van der Waals surface area (Å²) in [6.45, 7) is 7.92. The van der Waals surface area contributed by atoms with E-state index < -0.39 is 0 Å². The third kappa shape index (κ3) is 3.90. The van der Waals surface area contributed by atoms with E-state index in [0.717, 1.165) is 44.8 Å². The van der Waals surface area contributed by atoms with Gasteiger partial charge in [-0.1, -0.05) is 6.07 Å². The molecule has 2 aliphatic rings. The number of morpholine rings is 1. The fourth-order valence-corrected chi connectivity index (χ4v) is 3.95. The summed E-state index contributed by atoms with van der Waals surface area (Å²) in [4.78, 5) is 17.4. The van der Waals surface area contributed by atoms with Crippen LogP contribution in [-0.4, -0.2) is 67.2 Å². The Morgan fingerprint density at radius 3 is 2.75 bits per heavy atom. The first-order chi connectivity index (χ1) is 11.6. The molecule has 132 valence electrons. The van der Waals surface area contributed by atoms with Gasteiger partial charge in [-0.05, 0) is 44.9 Å². The largest absolute Gasteiger partial charge is 0.497 e. The zero-order valence-corrected chi connectivity index (χ0v) is 14.9. The van der Waals surface area contributed by atoms with Crippen LogP contribution in [0.1, 0.15) is 37.0 Å². The minimum Gasteiger partial charge on any atom is -0.497 e. The first-order valence-corrected chi connectivity index (χ1v) is 8.89. The van der Waals surface area contributed by atoms with Gasteiger partial charge in [0, 0.05) is 37.8 Å². The summed E-state index contributed by atoms with van der Waals surface area (Å²) in [6.07, 6.45) is 2.68. The van der Waals surface area contributed by atoms with E-state index in [1.165, 1.54) is 0 Å². The van der Waals surface area contributed by atoms with Gasteiger partial charge in [-0.3, -0.25) is 9.69 Å². The Hall–Kier alpha value is -1.59. The highest BCUT2D eigenvalue weighted by Crippen LogP contribution is 2.24. The van der Waals surface area contributed by atoms with Crippen LogP contribution in [0.4, 0.5) is 0 Å². The van der Waals surface area contributed by atoms with Gasteiger partial charge in [0.05, 0.1) is 19.3 Å². The first kappa shape index (κ1) is 17.2. The molecule has 0 aliphatic carbocycles. The number of rotatable bonds is 4. The van der Waals surface area contributed by atoms with Crippen LogP contribution in [0.15, 0.2) is 24.3 Å². The topological polar surface area (TPSA) is 42.0 Å². The Kier molecular flexibility index (Phi) is 5.41. The van der Waals surface area contributed by atoms with Gasteiger partial charge >= 0.3 is 0 Å². The number of benzene rings is 1. The third-order valence-corrected chi connectivity index (χ3v) is 4.92. The molecule has 2 saturated heterocycles. The number of methoxy groups -OCH3 is 1. The maximum atomic E-state index is 12.9. The average Bonchev–Trinajstić information content (AvgIpc) is 3.01. The molecule has 3 rings (SSSR count). The zero-order valence-electron chi connectivity index (χ0n) is 14.9. The predicted octanol–water partition coefficient (Wildman–Crippen LogP) is 2.41. The lowest BCUT2D eigenvalue weighted by Crippen LogP contribution is -2.50. The van der Waals surface area contributed by atoms with Crippen LogP contribution < -0.4 is 4.74 Å². The van der Waals surface area contributed by atoms with E-state index in [-0.39, 0.29) is 18.1 Å². The second-order valence-electron chi connectivity index (χ2n) is 7.00. The molecular formula is C19H28N2O3. The standard InChI is InChI=1S/C19H28N2O3/c1-14-11-20(12-15(2)24-14)13-17-7-5-9-21(17)19(22)16-6-4-8-18(10-16)23-3/h4,6,8,10,14-15,17H,5,7,9,11-13H2,1-3H3/t14-,15+,17-/m1/s1. The second-order valence-corrected chi connectivity index (χ2v) is 7.00. The molecule has 5 heteroatoms. The van der Waals surface area contributed by atoms with Gasteiger partial charge in [0.25, 0.3) is 5.91 Å². The van der Waals surface area contributed by atoms with Crippen LogP contribution in [0.3, 0.4) is 0 Å². The third-order valence-electron chi connectivity index (χ3n) is 4.92. The highest BCUT2D eigenvalue weighted by atomic mass is 16.5. The number of carbonyl (C=O) groups is 1. The zero-order chi connectivity index (χ0) is 17.1. The number of amides is 1. The molecular weight excluding hydrogens is 304 g/mol. The molecule has 5 nitrogen and oxygen atoms in total. The summed E-state index contributed by atoms with van der Waals surface area (Å²) < 4.78 is 11.1. The van der Waals surface area contributed by atoms with Crippen LogP contribution in [0.2, 0.25) is 0 Å². The molecule has 2 heterocycles. The summed E-state index contributed by atoms with van der Waals surface area (Å²) in [5, 5.41) is 0. The van der Waals surface area contributed by atoms with Gasteiger partial charge in [-0.2, -0.15) is 0 Å². The Morgan fingerprint density at radius 2 is 2.04 bits per heavy atom. The van der Waals surface area contributed by atoms with Crippen LogP contribution in [0, 0.1) is 0 Å². The van der Waals surface area contributed by atoms with Gasteiger partial charge in [0.2, 0.25) is 0 Å². The molecule has 0 N–H and O–H groups in total. The molecule has 0 spiro atoms. The normalized spacial score (nSPS) is 28.1. The van der Waals surface area contributed by atoms with Crippen LogP contribution in [0.25, 0.3) is 0 Å². The lowest BCUT2D eigenvalue weighted by atomic mass is 10.1. The number of likely N-dealkylation sites (tertiary alicyclic amines) is 1. The lowest BCUT2D eigenvalue weighted by Gasteiger charge is -2.38. The summed E-state index contributed by atoms with van der Waals surface area (Å²) >= 11 is 0. The molecule has 0 aromatic heterocycles. The van der Waals surface area contributed by atoms with Crippen LogP contribution >= 0.6 is 0 Å². The van der Waals surface area contributed by atoms with Crippen molar-refractivity contribution in [1.29, 1.82) is 0 Å². The quantitative estimate of drug-likeness (QED) is 0.849. The Morgan fingerprint density at radius 1 is 1.29 bits per heavy atom. The molecule has 0 unspecified atom stereocenters. The minimum absolute atomic E-state index is 0.116. The van der Waals surface area contributed by atoms with Crippen LogP contribution in [0.5, 0.6) is 5.75 Å². The van der Waals surface area contributed by atoms with E-state index in [2.05, 4.69) is 18.7 Å². The molecule has 3 atom stereocenters. The maximum Gasteiger partial charge on any atom is 0.254 e. The molecule has 2 fully saturated rings. The van der Waals surface area contributed by atoms with Gasteiger partial charge in [-0.25, -0.2) is 0 Å². The highest BCUT2D eigenvalue weighted by Gasteiger charge is 2.32. The molecule has 1 aromatic rings. The van der Waals surface area contributed by atoms with E-state index >= 15 is 0 Å². The summed E-state index contributed by atoms with van der Waals surface area (Å²) in [6, 6.07) is 7.74. The number of ether oxygens (including phenoxy) is 2. The van der Waals surface area contributed by atoms with Crippen molar-refractivity contribution in [3.8, 4) is 5.75 Å².